The van der Waals surface area contributed by atoms with Crippen LogP contribution in [0, 0.1) is 5.82 Å². The molecule has 0 aliphatic heterocycles. The van der Waals surface area contributed by atoms with Crippen LogP contribution in [0.1, 0.15) is 18.4 Å². The van der Waals surface area contributed by atoms with Crippen LogP contribution in [0.3, 0.4) is 0 Å². The van der Waals surface area contributed by atoms with E-state index in [0.717, 1.165) is 11.3 Å². The second kappa shape index (κ2) is 4.19. The lowest BCUT2D eigenvalue weighted by atomic mass is 10.1. The quantitative estimate of drug-likeness (QED) is 0.815. The smallest absolute Gasteiger partial charge is 0.129 e. The summed E-state index contributed by atoms with van der Waals surface area (Å²) < 4.78 is 13.6. The minimum Gasteiger partial charge on any atom is -0.377 e. The van der Waals surface area contributed by atoms with Gasteiger partial charge in [0.15, 0.2) is 0 Å². The average molecular weight is 208 g/mol. The number of rotatable bonds is 4. The predicted octanol–water partition coefficient (Wildman–Crippen LogP) is 2.14. The van der Waals surface area contributed by atoms with Crippen LogP contribution in [0.2, 0.25) is 0 Å². The first-order chi connectivity index (χ1) is 7.18. The fourth-order valence-electron chi connectivity index (χ4n) is 1.68. The molecule has 1 N–H and O–H groups in total. The number of hydrogen-bond acceptors (Lipinski definition) is 2. The maximum Gasteiger partial charge on any atom is 0.129 e. The maximum atomic E-state index is 13.6. The molecule has 2 rings (SSSR count). The Bertz CT molecular complexity index is 345. The summed E-state index contributed by atoms with van der Waals surface area (Å²) >= 11 is 0. The Morgan fingerprint density at radius 3 is 2.73 bits per heavy atom. The summed E-state index contributed by atoms with van der Waals surface area (Å²) in [7, 11) is 3.88. The van der Waals surface area contributed by atoms with Gasteiger partial charge in [-0.15, -0.1) is 0 Å². The van der Waals surface area contributed by atoms with Gasteiger partial charge < -0.3 is 10.2 Å². The van der Waals surface area contributed by atoms with Crippen molar-refractivity contribution in [1.29, 1.82) is 0 Å². The van der Waals surface area contributed by atoms with E-state index < -0.39 is 0 Å². The van der Waals surface area contributed by atoms with Crippen LogP contribution >= 0.6 is 0 Å². The van der Waals surface area contributed by atoms with E-state index in [1.165, 1.54) is 18.9 Å². The topological polar surface area (TPSA) is 15.3 Å². The van der Waals surface area contributed by atoms with Crippen molar-refractivity contribution in [2.75, 3.05) is 19.0 Å². The second-order valence-electron chi connectivity index (χ2n) is 4.29. The van der Waals surface area contributed by atoms with Gasteiger partial charge in [-0.25, -0.2) is 4.39 Å². The van der Waals surface area contributed by atoms with E-state index in [0.29, 0.717) is 12.6 Å². The summed E-state index contributed by atoms with van der Waals surface area (Å²) in [6.07, 6.45) is 2.46. The lowest BCUT2D eigenvalue weighted by Gasteiger charge is -2.18. The van der Waals surface area contributed by atoms with Crippen molar-refractivity contribution in [3.05, 3.63) is 29.6 Å². The van der Waals surface area contributed by atoms with Crippen molar-refractivity contribution in [2.24, 2.45) is 0 Å². The first-order valence-electron chi connectivity index (χ1n) is 5.36. The van der Waals surface area contributed by atoms with E-state index in [9.17, 15) is 4.39 Å². The zero-order chi connectivity index (χ0) is 10.8. The van der Waals surface area contributed by atoms with Crippen LogP contribution in [0.4, 0.5) is 10.1 Å². The summed E-state index contributed by atoms with van der Waals surface area (Å²) in [4.78, 5) is 1.95. The molecule has 15 heavy (non-hydrogen) atoms. The third kappa shape index (κ3) is 2.48. The zero-order valence-electron chi connectivity index (χ0n) is 9.26. The highest BCUT2D eigenvalue weighted by Crippen LogP contribution is 2.24. The Labute approximate surface area is 90.1 Å². The van der Waals surface area contributed by atoms with Crippen molar-refractivity contribution in [3.8, 4) is 0 Å². The molecule has 0 radical (unpaired) electrons. The monoisotopic (exact) mass is 208 g/mol. The molecule has 1 aromatic rings. The molecule has 2 nitrogen and oxygen atoms in total. The largest absolute Gasteiger partial charge is 0.377 e. The van der Waals surface area contributed by atoms with E-state index >= 15 is 0 Å². The number of nitrogens with one attached hydrogen (secondary N) is 1. The molecule has 1 aliphatic rings. The second-order valence-corrected chi connectivity index (χ2v) is 4.29. The average Bonchev–Trinajstić information content (AvgIpc) is 2.99. The fraction of sp³-hybridized carbons (Fsp3) is 0.500. The molecule has 0 heterocycles. The standard InChI is InChI=1S/C12H17FN2/c1-15(2)12-5-3-4-11(13)10(12)8-14-9-6-7-9/h3-5,9,14H,6-8H2,1-2H3. The zero-order valence-corrected chi connectivity index (χ0v) is 9.26. The van der Waals surface area contributed by atoms with Gasteiger partial charge in [0.05, 0.1) is 0 Å². The molecule has 3 heteroatoms. The highest BCUT2D eigenvalue weighted by Gasteiger charge is 2.21. The van der Waals surface area contributed by atoms with Crippen LogP contribution < -0.4 is 10.2 Å². The Hall–Kier alpha value is -1.09. The summed E-state index contributed by atoms with van der Waals surface area (Å²) in [5.74, 6) is -0.116. The molecule has 0 bridgehead atoms. The van der Waals surface area contributed by atoms with Gasteiger partial charge in [0, 0.05) is 37.9 Å². The number of anilines is 1. The molecule has 0 atom stereocenters. The van der Waals surface area contributed by atoms with Gasteiger partial charge in [0.2, 0.25) is 0 Å². The van der Waals surface area contributed by atoms with Crippen molar-refractivity contribution in [1.82, 2.24) is 5.32 Å². The Morgan fingerprint density at radius 1 is 1.40 bits per heavy atom. The molecule has 1 fully saturated rings. The minimum absolute atomic E-state index is 0.116. The van der Waals surface area contributed by atoms with Crippen LogP contribution in [-0.2, 0) is 6.54 Å². The van der Waals surface area contributed by atoms with Crippen molar-refractivity contribution >= 4 is 5.69 Å². The Balaban J connectivity index is 2.16. The normalized spacial score (nSPS) is 15.4. The highest BCUT2D eigenvalue weighted by atomic mass is 19.1. The van der Waals surface area contributed by atoms with Crippen molar-refractivity contribution in [2.45, 2.75) is 25.4 Å². The van der Waals surface area contributed by atoms with E-state index in [1.807, 2.05) is 25.1 Å². The highest BCUT2D eigenvalue weighted by molar-refractivity contribution is 5.53. The van der Waals surface area contributed by atoms with E-state index in [4.69, 9.17) is 0 Å². The lowest BCUT2D eigenvalue weighted by molar-refractivity contribution is 0.587. The number of halogens is 1. The van der Waals surface area contributed by atoms with Gasteiger partial charge in [-0.2, -0.15) is 0 Å². The molecule has 1 aliphatic carbocycles. The number of nitrogens with zero attached hydrogens (tertiary/aromatic N) is 1. The Morgan fingerprint density at radius 2 is 2.13 bits per heavy atom. The van der Waals surface area contributed by atoms with Gasteiger partial charge in [-0.3, -0.25) is 0 Å². The molecule has 1 saturated carbocycles. The fourth-order valence-corrected chi connectivity index (χ4v) is 1.68. The van der Waals surface area contributed by atoms with Crippen LogP contribution in [0.25, 0.3) is 0 Å². The molecule has 0 spiro atoms. The van der Waals surface area contributed by atoms with Gasteiger partial charge in [-0.1, -0.05) is 6.07 Å². The third-order valence-electron chi connectivity index (χ3n) is 2.72. The summed E-state index contributed by atoms with van der Waals surface area (Å²) in [5, 5.41) is 3.34. The summed E-state index contributed by atoms with van der Waals surface area (Å²) in [6, 6.07) is 5.84. The SMILES string of the molecule is CN(C)c1cccc(F)c1CNC1CC1. The third-order valence-corrected chi connectivity index (χ3v) is 2.72. The van der Waals surface area contributed by atoms with Gasteiger partial charge in [0.25, 0.3) is 0 Å². The first kappa shape index (κ1) is 10.4. The maximum absolute atomic E-state index is 13.6. The molecular weight excluding hydrogens is 191 g/mol. The molecule has 82 valence electrons. The molecule has 0 saturated heterocycles. The summed E-state index contributed by atoms with van der Waals surface area (Å²) in [5.41, 5.74) is 1.73. The van der Waals surface area contributed by atoms with Crippen molar-refractivity contribution in [3.63, 3.8) is 0 Å². The molecular formula is C12H17FN2. The summed E-state index contributed by atoms with van der Waals surface area (Å²) in [6.45, 7) is 0.630. The van der Waals surface area contributed by atoms with Gasteiger partial charge >= 0.3 is 0 Å². The number of benzene rings is 1. The van der Waals surface area contributed by atoms with Gasteiger partial charge in [0.1, 0.15) is 5.82 Å². The van der Waals surface area contributed by atoms with E-state index in [1.54, 1.807) is 6.07 Å². The van der Waals surface area contributed by atoms with E-state index in [2.05, 4.69) is 5.32 Å². The lowest BCUT2D eigenvalue weighted by Crippen LogP contribution is -2.20. The molecule has 0 unspecified atom stereocenters. The van der Waals surface area contributed by atoms with Crippen LogP contribution in [0.15, 0.2) is 18.2 Å². The minimum atomic E-state index is -0.116. The molecule has 1 aromatic carbocycles. The Kier molecular flexibility index (Phi) is 2.91. The molecule has 0 amide bonds. The van der Waals surface area contributed by atoms with Crippen LogP contribution in [0.5, 0.6) is 0 Å². The van der Waals surface area contributed by atoms with Crippen molar-refractivity contribution < 1.29 is 4.39 Å². The first-order valence-corrected chi connectivity index (χ1v) is 5.36. The molecule has 0 aromatic heterocycles. The number of hydrogen-bond donors (Lipinski definition) is 1. The predicted molar refractivity (Wildman–Crippen MR) is 60.6 cm³/mol. The van der Waals surface area contributed by atoms with Crippen LogP contribution in [-0.4, -0.2) is 20.1 Å². The van der Waals surface area contributed by atoms with Gasteiger partial charge in [-0.05, 0) is 25.0 Å². The van der Waals surface area contributed by atoms with E-state index in [-0.39, 0.29) is 5.82 Å².